The Morgan fingerprint density at radius 2 is 2.38 bits per heavy atom. The van der Waals surface area contributed by atoms with Gasteiger partial charge in [-0.15, -0.1) is 0 Å². The second-order valence-corrected chi connectivity index (χ2v) is 3.23. The van der Waals surface area contributed by atoms with Gasteiger partial charge in [-0.05, 0) is 14.0 Å². The van der Waals surface area contributed by atoms with Gasteiger partial charge >= 0.3 is 0 Å². The van der Waals surface area contributed by atoms with Gasteiger partial charge in [0, 0.05) is 6.42 Å². The molecule has 0 bridgehead atoms. The topological polar surface area (TPSA) is 69.6 Å². The van der Waals surface area contributed by atoms with Gasteiger partial charge in [-0.2, -0.15) is 0 Å². The summed E-state index contributed by atoms with van der Waals surface area (Å²) in [5.41, 5.74) is 0. The van der Waals surface area contributed by atoms with Crippen LogP contribution >= 0.6 is 0 Å². The zero-order valence-electron chi connectivity index (χ0n) is 7.78. The maximum Gasteiger partial charge on any atom is 0.242 e. The monoisotopic (exact) mass is 186 g/mol. The maximum atomic E-state index is 11.4. The van der Waals surface area contributed by atoms with Crippen molar-refractivity contribution in [2.45, 2.75) is 25.6 Å². The van der Waals surface area contributed by atoms with E-state index in [4.69, 9.17) is 0 Å². The molecule has 1 saturated heterocycles. The highest BCUT2D eigenvalue weighted by atomic mass is 16.3. The zero-order valence-corrected chi connectivity index (χ0v) is 7.78. The summed E-state index contributed by atoms with van der Waals surface area (Å²) >= 11 is 0. The number of likely N-dealkylation sites (N-methyl/N-ethyl adjacent to an activating group) is 1. The molecule has 0 aromatic rings. The number of carbonyl (C=O) groups is 2. The summed E-state index contributed by atoms with van der Waals surface area (Å²) in [5.74, 6) is -0.325. The fourth-order valence-electron chi connectivity index (χ4n) is 1.45. The van der Waals surface area contributed by atoms with Gasteiger partial charge in [-0.25, -0.2) is 0 Å². The van der Waals surface area contributed by atoms with Gasteiger partial charge in [0.15, 0.2) is 0 Å². The first-order chi connectivity index (χ1) is 6.06. The van der Waals surface area contributed by atoms with Gasteiger partial charge in [0.25, 0.3) is 0 Å². The summed E-state index contributed by atoms with van der Waals surface area (Å²) < 4.78 is 0. The summed E-state index contributed by atoms with van der Waals surface area (Å²) in [6.07, 6.45) is -0.475. The van der Waals surface area contributed by atoms with Gasteiger partial charge in [-0.3, -0.25) is 9.59 Å². The van der Waals surface area contributed by atoms with Crippen LogP contribution in [0.4, 0.5) is 0 Å². The van der Waals surface area contributed by atoms with Crippen LogP contribution in [-0.2, 0) is 9.59 Å². The van der Waals surface area contributed by atoms with Crippen molar-refractivity contribution in [3.8, 4) is 0 Å². The van der Waals surface area contributed by atoms with Crippen LogP contribution in [0, 0.1) is 0 Å². The smallest absolute Gasteiger partial charge is 0.242 e. The Kier molecular flexibility index (Phi) is 3.00. The van der Waals surface area contributed by atoms with Gasteiger partial charge < -0.3 is 15.3 Å². The minimum absolute atomic E-state index is 0.00181. The first-order valence-electron chi connectivity index (χ1n) is 4.21. The van der Waals surface area contributed by atoms with E-state index < -0.39 is 6.23 Å². The number of nitrogens with one attached hydrogen (secondary N) is 1. The number of carbonyl (C=O) groups excluding carboxylic acids is 2. The van der Waals surface area contributed by atoms with E-state index in [2.05, 4.69) is 5.32 Å². The van der Waals surface area contributed by atoms with Crippen LogP contribution in [0.1, 0.15) is 13.3 Å². The number of ketones is 1. The largest absolute Gasteiger partial charge is 0.373 e. The molecule has 0 spiro atoms. The van der Waals surface area contributed by atoms with Crippen molar-refractivity contribution in [1.82, 2.24) is 10.2 Å². The van der Waals surface area contributed by atoms with Crippen molar-refractivity contribution in [1.29, 1.82) is 0 Å². The molecule has 0 saturated carbocycles. The van der Waals surface area contributed by atoms with E-state index in [0.29, 0.717) is 6.42 Å². The van der Waals surface area contributed by atoms with E-state index in [1.165, 1.54) is 11.8 Å². The van der Waals surface area contributed by atoms with E-state index in [9.17, 15) is 14.7 Å². The van der Waals surface area contributed by atoms with E-state index in [0.717, 1.165) is 0 Å². The highest BCUT2D eigenvalue weighted by Gasteiger charge is 2.37. The van der Waals surface area contributed by atoms with Crippen molar-refractivity contribution in [2.24, 2.45) is 0 Å². The number of nitrogens with zero attached hydrogens (tertiary/aromatic N) is 1. The van der Waals surface area contributed by atoms with Crippen molar-refractivity contribution >= 4 is 11.7 Å². The molecule has 0 aromatic heterocycles. The van der Waals surface area contributed by atoms with Crippen molar-refractivity contribution in [3.05, 3.63) is 0 Å². The maximum absolute atomic E-state index is 11.4. The van der Waals surface area contributed by atoms with Gasteiger partial charge in [0.2, 0.25) is 5.91 Å². The molecule has 0 aliphatic carbocycles. The highest BCUT2D eigenvalue weighted by molar-refractivity contribution is 5.89. The molecule has 0 aromatic carbocycles. The molecule has 2 N–H and O–H groups in total. The van der Waals surface area contributed by atoms with E-state index >= 15 is 0 Å². The molecule has 1 aliphatic heterocycles. The van der Waals surface area contributed by atoms with Crippen LogP contribution in [0.3, 0.4) is 0 Å². The summed E-state index contributed by atoms with van der Waals surface area (Å²) in [6.45, 7) is 1.39. The number of aliphatic hydroxyl groups is 1. The van der Waals surface area contributed by atoms with Crippen LogP contribution in [0.25, 0.3) is 0 Å². The molecular weight excluding hydrogens is 172 g/mol. The third-order valence-electron chi connectivity index (χ3n) is 2.13. The fourth-order valence-corrected chi connectivity index (χ4v) is 1.45. The molecule has 0 radical (unpaired) electrons. The molecular formula is C8H14N2O3. The molecule has 1 amide bonds. The summed E-state index contributed by atoms with van der Waals surface area (Å²) in [4.78, 5) is 23.4. The second-order valence-electron chi connectivity index (χ2n) is 3.23. The third kappa shape index (κ3) is 2.05. The fraction of sp³-hybridized carbons (Fsp3) is 0.750. The normalized spacial score (nSPS) is 28.2. The lowest BCUT2D eigenvalue weighted by atomic mass is 10.2. The average Bonchev–Trinajstić information content (AvgIpc) is 2.31. The predicted molar refractivity (Wildman–Crippen MR) is 45.9 cm³/mol. The van der Waals surface area contributed by atoms with Gasteiger partial charge in [0.1, 0.15) is 12.0 Å². The second kappa shape index (κ2) is 3.85. The van der Waals surface area contributed by atoms with Crippen molar-refractivity contribution in [2.75, 3.05) is 13.6 Å². The number of aliphatic hydroxyl groups excluding tert-OH is 1. The van der Waals surface area contributed by atoms with Crippen LogP contribution in [0.2, 0.25) is 0 Å². The lowest BCUT2D eigenvalue weighted by Crippen LogP contribution is -2.40. The molecule has 1 aliphatic rings. The van der Waals surface area contributed by atoms with Crippen molar-refractivity contribution in [3.63, 3.8) is 0 Å². The molecule has 5 heteroatoms. The van der Waals surface area contributed by atoms with Gasteiger partial charge in [-0.1, -0.05) is 0 Å². The van der Waals surface area contributed by atoms with E-state index in [-0.39, 0.29) is 24.3 Å². The van der Waals surface area contributed by atoms with Crippen LogP contribution in [0.15, 0.2) is 0 Å². The number of hydrogen-bond donors (Lipinski definition) is 2. The van der Waals surface area contributed by atoms with Crippen LogP contribution < -0.4 is 5.32 Å². The molecule has 13 heavy (non-hydrogen) atoms. The number of rotatable bonds is 3. The number of hydrogen-bond acceptors (Lipinski definition) is 4. The minimum Gasteiger partial charge on any atom is -0.373 e. The Hall–Kier alpha value is -0.940. The lowest BCUT2D eigenvalue weighted by molar-refractivity contribution is -0.138. The van der Waals surface area contributed by atoms with Crippen LogP contribution in [0.5, 0.6) is 0 Å². The average molecular weight is 186 g/mol. The third-order valence-corrected chi connectivity index (χ3v) is 2.13. The Balaban J connectivity index is 2.64. The lowest BCUT2D eigenvalue weighted by Gasteiger charge is -2.18. The van der Waals surface area contributed by atoms with E-state index in [1.54, 1.807) is 7.05 Å². The summed E-state index contributed by atoms with van der Waals surface area (Å²) in [7, 11) is 1.66. The Bertz CT molecular complexity index is 229. The minimum atomic E-state index is -0.825. The van der Waals surface area contributed by atoms with Gasteiger partial charge in [0.05, 0.1) is 12.6 Å². The Morgan fingerprint density at radius 3 is 2.77 bits per heavy atom. The standard InChI is InChI=1S/C8H14N2O3/c1-5(11)4-10-7(12)3-6(9-2)8(10)13/h6-7,9,12H,3-4H2,1-2H3. The number of likely N-dealkylation sites (tertiary alicyclic amines) is 1. The molecule has 2 atom stereocenters. The molecule has 74 valence electrons. The quantitative estimate of drug-likeness (QED) is 0.575. The van der Waals surface area contributed by atoms with Crippen LogP contribution in [-0.4, -0.2) is 47.6 Å². The highest BCUT2D eigenvalue weighted by Crippen LogP contribution is 2.16. The molecule has 1 rings (SSSR count). The Morgan fingerprint density at radius 1 is 1.77 bits per heavy atom. The number of amides is 1. The first kappa shape index (κ1) is 10.1. The summed E-state index contributed by atoms with van der Waals surface area (Å²) in [5, 5.41) is 12.2. The molecule has 1 heterocycles. The summed E-state index contributed by atoms with van der Waals surface area (Å²) in [6, 6.07) is -0.352. The Labute approximate surface area is 76.7 Å². The molecule has 5 nitrogen and oxygen atoms in total. The molecule has 1 fully saturated rings. The predicted octanol–water partition coefficient (Wildman–Crippen LogP) is -1.29. The number of Topliss-reactive ketones (excluding diaryl/α,β-unsaturated/α-hetero) is 1. The first-order valence-corrected chi connectivity index (χ1v) is 4.21. The van der Waals surface area contributed by atoms with E-state index in [1.807, 2.05) is 0 Å². The molecule has 2 unspecified atom stereocenters. The SMILES string of the molecule is CNC1CC(O)N(CC(C)=O)C1=O. The van der Waals surface area contributed by atoms with Crippen molar-refractivity contribution < 1.29 is 14.7 Å². The zero-order chi connectivity index (χ0) is 10.0.